The van der Waals surface area contributed by atoms with E-state index in [2.05, 4.69) is 5.32 Å². The van der Waals surface area contributed by atoms with E-state index >= 15 is 0 Å². The van der Waals surface area contributed by atoms with Gasteiger partial charge in [0.2, 0.25) is 5.91 Å². The Balaban J connectivity index is 1.76. The molecule has 2 aromatic carbocycles. The summed E-state index contributed by atoms with van der Waals surface area (Å²) >= 11 is 0. The SMILES string of the molecule is Cc1ccccc1CC(=O)NCCc1ccc(OC(C)C)cc1. The lowest BCUT2D eigenvalue weighted by Crippen LogP contribution is -2.27. The van der Waals surface area contributed by atoms with Gasteiger partial charge in [-0.2, -0.15) is 0 Å². The van der Waals surface area contributed by atoms with Crippen molar-refractivity contribution in [3.05, 3.63) is 65.2 Å². The molecule has 0 aliphatic heterocycles. The minimum absolute atomic E-state index is 0.0686. The minimum atomic E-state index is 0.0686. The van der Waals surface area contributed by atoms with Crippen LogP contribution in [0.5, 0.6) is 5.75 Å². The fourth-order valence-electron chi connectivity index (χ4n) is 2.40. The molecule has 0 fully saturated rings. The van der Waals surface area contributed by atoms with E-state index in [1.165, 1.54) is 5.56 Å². The predicted molar refractivity (Wildman–Crippen MR) is 93.8 cm³/mol. The van der Waals surface area contributed by atoms with Gasteiger partial charge in [0.05, 0.1) is 12.5 Å². The number of nitrogens with one attached hydrogen (secondary N) is 1. The maximum Gasteiger partial charge on any atom is 0.224 e. The van der Waals surface area contributed by atoms with E-state index < -0.39 is 0 Å². The van der Waals surface area contributed by atoms with Crippen LogP contribution in [0, 0.1) is 6.92 Å². The zero-order valence-corrected chi connectivity index (χ0v) is 14.1. The molecule has 0 radical (unpaired) electrons. The van der Waals surface area contributed by atoms with Crippen molar-refractivity contribution in [2.75, 3.05) is 6.54 Å². The number of ether oxygens (including phenoxy) is 1. The zero-order valence-electron chi connectivity index (χ0n) is 14.1. The maximum atomic E-state index is 12.0. The van der Waals surface area contributed by atoms with Gasteiger partial charge in [-0.1, -0.05) is 36.4 Å². The molecule has 3 heteroatoms. The molecule has 0 saturated heterocycles. The van der Waals surface area contributed by atoms with Crippen LogP contribution in [-0.2, 0) is 17.6 Å². The molecule has 0 heterocycles. The Kier molecular flexibility index (Phi) is 6.21. The first-order chi connectivity index (χ1) is 11.0. The highest BCUT2D eigenvalue weighted by Crippen LogP contribution is 2.14. The second-order valence-electron chi connectivity index (χ2n) is 6.01. The molecule has 2 aromatic rings. The topological polar surface area (TPSA) is 38.3 Å². The highest BCUT2D eigenvalue weighted by molar-refractivity contribution is 5.78. The normalized spacial score (nSPS) is 10.6. The zero-order chi connectivity index (χ0) is 16.7. The monoisotopic (exact) mass is 311 g/mol. The van der Waals surface area contributed by atoms with E-state index in [-0.39, 0.29) is 12.0 Å². The quantitative estimate of drug-likeness (QED) is 0.847. The van der Waals surface area contributed by atoms with Crippen LogP contribution in [0.2, 0.25) is 0 Å². The fraction of sp³-hybridized carbons (Fsp3) is 0.350. The van der Waals surface area contributed by atoms with Crippen LogP contribution in [0.1, 0.15) is 30.5 Å². The molecule has 0 aromatic heterocycles. The summed E-state index contributed by atoms with van der Waals surface area (Å²) in [5, 5.41) is 2.98. The summed E-state index contributed by atoms with van der Waals surface area (Å²) in [4.78, 5) is 12.0. The Bertz CT molecular complexity index is 632. The largest absolute Gasteiger partial charge is 0.491 e. The number of carbonyl (C=O) groups excluding carboxylic acids is 1. The van der Waals surface area contributed by atoms with Crippen molar-refractivity contribution < 1.29 is 9.53 Å². The summed E-state index contributed by atoms with van der Waals surface area (Å²) in [5.41, 5.74) is 3.43. The summed E-state index contributed by atoms with van der Waals surface area (Å²) < 4.78 is 5.62. The third-order valence-corrected chi connectivity index (χ3v) is 3.64. The van der Waals surface area contributed by atoms with Gasteiger partial charge < -0.3 is 10.1 Å². The molecule has 23 heavy (non-hydrogen) atoms. The second-order valence-corrected chi connectivity index (χ2v) is 6.01. The lowest BCUT2D eigenvalue weighted by Gasteiger charge is -2.10. The van der Waals surface area contributed by atoms with Crippen molar-refractivity contribution >= 4 is 5.91 Å². The van der Waals surface area contributed by atoms with Gasteiger partial charge in [0.1, 0.15) is 5.75 Å². The molecule has 0 aliphatic carbocycles. The van der Waals surface area contributed by atoms with Gasteiger partial charge in [-0.3, -0.25) is 4.79 Å². The standard InChI is InChI=1S/C20H25NO2/c1-15(2)23-19-10-8-17(9-11-19)12-13-21-20(22)14-18-7-5-4-6-16(18)3/h4-11,15H,12-14H2,1-3H3,(H,21,22). The number of amides is 1. The minimum Gasteiger partial charge on any atom is -0.491 e. The van der Waals surface area contributed by atoms with Gasteiger partial charge in [-0.25, -0.2) is 0 Å². The summed E-state index contributed by atoms with van der Waals surface area (Å²) in [7, 11) is 0. The Hall–Kier alpha value is -2.29. The average Bonchev–Trinajstić information content (AvgIpc) is 2.51. The first-order valence-electron chi connectivity index (χ1n) is 8.11. The van der Waals surface area contributed by atoms with Crippen LogP contribution in [0.3, 0.4) is 0 Å². The second kappa shape index (κ2) is 8.37. The number of hydrogen-bond acceptors (Lipinski definition) is 2. The van der Waals surface area contributed by atoms with E-state index in [0.717, 1.165) is 23.3 Å². The van der Waals surface area contributed by atoms with Crippen molar-refractivity contribution in [2.45, 2.75) is 39.7 Å². The lowest BCUT2D eigenvalue weighted by molar-refractivity contribution is -0.120. The Labute approximate surface area is 138 Å². The number of hydrogen-bond donors (Lipinski definition) is 1. The molecular formula is C20H25NO2. The van der Waals surface area contributed by atoms with Gasteiger partial charge in [-0.05, 0) is 56.0 Å². The van der Waals surface area contributed by atoms with Crippen LogP contribution < -0.4 is 10.1 Å². The van der Waals surface area contributed by atoms with Crippen LogP contribution in [0.25, 0.3) is 0 Å². The van der Waals surface area contributed by atoms with E-state index in [1.807, 2.05) is 69.3 Å². The highest BCUT2D eigenvalue weighted by Gasteiger charge is 2.05. The number of rotatable bonds is 7. The molecule has 2 rings (SSSR count). The van der Waals surface area contributed by atoms with E-state index in [9.17, 15) is 4.79 Å². The molecule has 0 aliphatic rings. The molecule has 3 nitrogen and oxygen atoms in total. The predicted octanol–water partition coefficient (Wildman–Crippen LogP) is 3.68. The highest BCUT2D eigenvalue weighted by atomic mass is 16.5. The molecular weight excluding hydrogens is 286 g/mol. The summed E-state index contributed by atoms with van der Waals surface area (Å²) in [6, 6.07) is 16.0. The van der Waals surface area contributed by atoms with Crippen LogP contribution in [0.4, 0.5) is 0 Å². The molecule has 0 saturated carbocycles. The van der Waals surface area contributed by atoms with Gasteiger partial charge in [0.15, 0.2) is 0 Å². The van der Waals surface area contributed by atoms with Gasteiger partial charge in [0, 0.05) is 6.54 Å². The van der Waals surface area contributed by atoms with Crippen molar-refractivity contribution in [3.63, 3.8) is 0 Å². The van der Waals surface area contributed by atoms with Crippen LogP contribution in [-0.4, -0.2) is 18.6 Å². The number of aryl methyl sites for hydroxylation is 1. The molecule has 122 valence electrons. The first kappa shape index (κ1) is 17.1. The molecule has 0 unspecified atom stereocenters. The molecule has 1 N–H and O–H groups in total. The first-order valence-corrected chi connectivity index (χ1v) is 8.11. The van der Waals surface area contributed by atoms with Crippen molar-refractivity contribution in [1.82, 2.24) is 5.32 Å². The Morgan fingerprint density at radius 2 is 1.78 bits per heavy atom. The average molecular weight is 311 g/mol. The van der Waals surface area contributed by atoms with E-state index in [1.54, 1.807) is 0 Å². The van der Waals surface area contributed by atoms with Gasteiger partial charge >= 0.3 is 0 Å². The van der Waals surface area contributed by atoms with Crippen LogP contribution >= 0.6 is 0 Å². The Morgan fingerprint density at radius 1 is 1.09 bits per heavy atom. The van der Waals surface area contributed by atoms with Gasteiger partial charge in [0.25, 0.3) is 0 Å². The molecule has 0 atom stereocenters. The maximum absolute atomic E-state index is 12.0. The van der Waals surface area contributed by atoms with E-state index in [4.69, 9.17) is 4.74 Å². The lowest BCUT2D eigenvalue weighted by atomic mass is 10.1. The summed E-state index contributed by atoms with van der Waals surface area (Å²) in [5.74, 6) is 0.950. The number of carbonyl (C=O) groups is 1. The third kappa shape index (κ3) is 5.78. The van der Waals surface area contributed by atoms with Crippen molar-refractivity contribution in [2.24, 2.45) is 0 Å². The van der Waals surface area contributed by atoms with E-state index in [0.29, 0.717) is 13.0 Å². The molecule has 0 bridgehead atoms. The smallest absolute Gasteiger partial charge is 0.224 e. The fourth-order valence-corrected chi connectivity index (χ4v) is 2.40. The van der Waals surface area contributed by atoms with Gasteiger partial charge in [-0.15, -0.1) is 0 Å². The van der Waals surface area contributed by atoms with Crippen LogP contribution in [0.15, 0.2) is 48.5 Å². The Morgan fingerprint density at radius 3 is 2.43 bits per heavy atom. The summed E-state index contributed by atoms with van der Waals surface area (Å²) in [6.45, 7) is 6.70. The number of benzene rings is 2. The summed E-state index contributed by atoms with van der Waals surface area (Å²) in [6.07, 6.45) is 1.44. The molecule has 0 spiro atoms. The van der Waals surface area contributed by atoms with Crippen molar-refractivity contribution in [1.29, 1.82) is 0 Å². The molecule has 1 amide bonds. The van der Waals surface area contributed by atoms with Crippen molar-refractivity contribution in [3.8, 4) is 5.75 Å². The third-order valence-electron chi connectivity index (χ3n) is 3.64.